The van der Waals surface area contributed by atoms with E-state index in [0.717, 1.165) is 0 Å². The minimum absolute atomic E-state index is 0.380. The topological polar surface area (TPSA) is 20.2 Å². The van der Waals surface area contributed by atoms with Crippen LogP contribution in [-0.4, -0.2) is 22.7 Å². The Morgan fingerprint density at radius 2 is 2.60 bits per heavy atom. The third-order valence-corrected chi connectivity index (χ3v) is 1.56. The molecule has 1 saturated heterocycles. The summed E-state index contributed by atoms with van der Waals surface area (Å²) < 4.78 is 0. The fourth-order valence-corrected chi connectivity index (χ4v) is 0.520. The molecule has 0 amide bonds. The second kappa shape index (κ2) is 1.19. The third-order valence-electron chi connectivity index (χ3n) is 0.606. The summed E-state index contributed by atoms with van der Waals surface area (Å²) in [5.74, 6) is 1.18. The molecule has 0 bridgehead atoms. The zero-order chi connectivity index (χ0) is 3.70. The molecule has 5 heavy (non-hydrogen) atoms. The van der Waals surface area contributed by atoms with Crippen LogP contribution in [0.4, 0.5) is 0 Å². The SMILES string of the molecule is OCC1CS1. The summed E-state index contributed by atoms with van der Waals surface area (Å²) in [6, 6.07) is 0. The van der Waals surface area contributed by atoms with Crippen LogP contribution in [0.5, 0.6) is 0 Å². The predicted molar refractivity (Wildman–Crippen MR) is 23.3 cm³/mol. The van der Waals surface area contributed by atoms with Gasteiger partial charge in [-0.15, -0.1) is 0 Å². The average molecular weight is 90.1 g/mol. The first kappa shape index (κ1) is 3.50. The van der Waals surface area contributed by atoms with Gasteiger partial charge in [0.1, 0.15) is 0 Å². The highest BCUT2D eigenvalue weighted by Gasteiger charge is 2.19. The van der Waals surface area contributed by atoms with E-state index in [-0.39, 0.29) is 0 Å². The lowest BCUT2D eigenvalue weighted by Crippen LogP contribution is -1.86. The van der Waals surface area contributed by atoms with Crippen LogP contribution in [0.15, 0.2) is 0 Å². The second-order valence-electron chi connectivity index (χ2n) is 1.14. The van der Waals surface area contributed by atoms with E-state index in [2.05, 4.69) is 0 Å². The molecule has 2 heteroatoms. The van der Waals surface area contributed by atoms with Gasteiger partial charge in [-0.2, -0.15) is 11.8 Å². The van der Waals surface area contributed by atoms with Crippen molar-refractivity contribution in [1.82, 2.24) is 0 Å². The Kier molecular flexibility index (Phi) is 0.830. The van der Waals surface area contributed by atoms with Crippen molar-refractivity contribution in [2.45, 2.75) is 5.25 Å². The van der Waals surface area contributed by atoms with Gasteiger partial charge >= 0.3 is 0 Å². The number of hydrogen-bond donors (Lipinski definition) is 1. The highest BCUT2D eigenvalue weighted by atomic mass is 32.2. The van der Waals surface area contributed by atoms with E-state index in [0.29, 0.717) is 11.9 Å². The van der Waals surface area contributed by atoms with Gasteiger partial charge in [0.2, 0.25) is 0 Å². The Hall–Kier alpha value is 0.310. The lowest BCUT2D eigenvalue weighted by Gasteiger charge is -1.71. The van der Waals surface area contributed by atoms with Crippen molar-refractivity contribution < 1.29 is 5.11 Å². The van der Waals surface area contributed by atoms with Crippen molar-refractivity contribution in [3.8, 4) is 0 Å². The van der Waals surface area contributed by atoms with Gasteiger partial charge in [0.15, 0.2) is 0 Å². The summed E-state index contributed by atoms with van der Waals surface area (Å²) in [7, 11) is 0. The molecule has 0 radical (unpaired) electrons. The summed E-state index contributed by atoms with van der Waals surface area (Å²) in [5.41, 5.74) is 0. The number of hydrogen-bond acceptors (Lipinski definition) is 2. The van der Waals surface area contributed by atoms with Crippen LogP contribution in [0, 0.1) is 0 Å². The predicted octanol–water partition coefficient (Wildman–Crippen LogP) is 0.0941. The molecule has 1 N–H and O–H groups in total. The lowest BCUT2D eigenvalue weighted by molar-refractivity contribution is 0.308. The van der Waals surface area contributed by atoms with Crippen LogP contribution in [-0.2, 0) is 0 Å². The van der Waals surface area contributed by atoms with E-state index in [1.54, 1.807) is 0 Å². The smallest absolute Gasteiger partial charge is 0.0558 e. The molecule has 1 nitrogen and oxygen atoms in total. The van der Waals surface area contributed by atoms with Gasteiger partial charge in [0, 0.05) is 11.0 Å². The highest BCUT2D eigenvalue weighted by molar-refractivity contribution is 8.06. The maximum Gasteiger partial charge on any atom is 0.0558 e. The normalized spacial score (nSPS) is 34.2. The largest absolute Gasteiger partial charge is 0.395 e. The van der Waals surface area contributed by atoms with Crippen LogP contribution in [0.3, 0.4) is 0 Å². The summed E-state index contributed by atoms with van der Waals surface area (Å²) in [6.45, 7) is 0.380. The second-order valence-corrected chi connectivity index (χ2v) is 2.47. The molecule has 0 aromatic heterocycles. The number of rotatable bonds is 1. The monoisotopic (exact) mass is 90.0 g/mol. The molecule has 0 spiro atoms. The molecule has 1 heterocycles. The van der Waals surface area contributed by atoms with Crippen LogP contribution >= 0.6 is 11.8 Å². The Morgan fingerprint density at radius 1 is 2.00 bits per heavy atom. The van der Waals surface area contributed by atoms with E-state index < -0.39 is 0 Å². The van der Waals surface area contributed by atoms with Gasteiger partial charge < -0.3 is 5.11 Å². The maximum absolute atomic E-state index is 8.19. The average Bonchev–Trinajstić information content (AvgIpc) is 2.12. The first-order chi connectivity index (χ1) is 2.43. The van der Waals surface area contributed by atoms with E-state index in [1.807, 2.05) is 11.8 Å². The minimum atomic E-state index is 0.380. The van der Waals surface area contributed by atoms with Crippen molar-refractivity contribution in [2.24, 2.45) is 0 Å². The summed E-state index contributed by atoms with van der Waals surface area (Å²) in [6.07, 6.45) is 0. The number of aliphatic hydroxyl groups is 1. The molecule has 0 aliphatic carbocycles. The molecule has 0 aromatic rings. The lowest BCUT2D eigenvalue weighted by atomic mass is 10.5. The van der Waals surface area contributed by atoms with Crippen molar-refractivity contribution in [3.63, 3.8) is 0 Å². The van der Waals surface area contributed by atoms with Crippen LogP contribution in [0.25, 0.3) is 0 Å². The van der Waals surface area contributed by atoms with Gasteiger partial charge in [0.25, 0.3) is 0 Å². The molecule has 1 fully saturated rings. The highest BCUT2D eigenvalue weighted by Crippen LogP contribution is 2.28. The van der Waals surface area contributed by atoms with E-state index in [9.17, 15) is 0 Å². The molecular formula is C3H6OS. The Labute approximate surface area is 35.4 Å². The molecule has 1 atom stereocenters. The molecular weight excluding hydrogens is 84.1 g/mol. The van der Waals surface area contributed by atoms with Crippen LogP contribution in [0.2, 0.25) is 0 Å². The van der Waals surface area contributed by atoms with Gasteiger partial charge in [-0.25, -0.2) is 0 Å². The van der Waals surface area contributed by atoms with Crippen LogP contribution < -0.4 is 0 Å². The Morgan fingerprint density at radius 3 is 2.60 bits per heavy atom. The van der Waals surface area contributed by atoms with E-state index in [1.165, 1.54) is 5.75 Å². The van der Waals surface area contributed by atoms with Crippen molar-refractivity contribution >= 4 is 11.8 Å². The van der Waals surface area contributed by atoms with Gasteiger partial charge in [-0.3, -0.25) is 0 Å². The molecule has 0 aromatic carbocycles. The van der Waals surface area contributed by atoms with Crippen molar-refractivity contribution in [3.05, 3.63) is 0 Å². The fraction of sp³-hybridized carbons (Fsp3) is 1.00. The molecule has 1 rings (SSSR count). The quantitative estimate of drug-likeness (QED) is 0.461. The summed E-state index contributed by atoms with van der Waals surface area (Å²) in [5, 5.41) is 8.79. The first-order valence-electron chi connectivity index (χ1n) is 1.66. The Balaban J connectivity index is 2.00. The molecule has 1 aliphatic heterocycles. The van der Waals surface area contributed by atoms with E-state index >= 15 is 0 Å². The standard InChI is InChI=1S/C3H6OS/c4-1-3-2-5-3/h3-4H,1-2H2. The zero-order valence-electron chi connectivity index (χ0n) is 2.85. The van der Waals surface area contributed by atoms with Gasteiger partial charge in [-0.1, -0.05) is 0 Å². The first-order valence-corrected chi connectivity index (χ1v) is 2.71. The Bertz CT molecular complexity index is 33.9. The zero-order valence-corrected chi connectivity index (χ0v) is 3.66. The third kappa shape index (κ3) is 0.816. The molecule has 1 unspecified atom stereocenters. The molecule has 0 saturated carbocycles. The van der Waals surface area contributed by atoms with Crippen molar-refractivity contribution in [2.75, 3.05) is 12.4 Å². The minimum Gasteiger partial charge on any atom is -0.395 e. The summed E-state index contributed by atoms with van der Waals surface area (Å²) >= 11 is 1.82. The number of aliphatic hydroxyl groups excluding tert-OH is 1. The molecule has 30 valence electrons. The number of thioether (sulfide) groups is 1. The van der Waals surface area contributed by atoms with E-state index in [4.69, 9.17) is 5.11 Å². The summed E-state index contributed by atoms with van der Waals surface area (Å²) in [4.78, 5) is 0. The van der Waals surface area contributed by atoms with Crippen LogP contribution in [0.1, 0.15) is 0 Å². The molecule has 1 aliphatic rings. The maximum atomic E-state index is 8.19. The van der Waals surface area contributed by atoms with Crippen molar-refractivity contribution in [1.29, 1.82) is 0 Å². The fourth-order valence-electron chi connectivity index (χ4n) is 0.173. The van der Waals surface area contributed by atoms with Gasteiger partial charge in [-0.05, 0) is 0 Å². The van der Waals surface area contributed by atoms with Gasteiger partial charge in [0.05, 0.1) is 6.61 Å².